The van der Waals surface area contributed by atoms with Gasteiger partial charge < -0.3 is 14.4 Å². The molecule has 0 bridgehead atoms. The summed E-state index contributed by atoms with van der Waals surface area (Å²) in [5.74, 6) is 1.80. The molecule has 134 valence electrons. The molecular formula is C20H22FN5. The second-order valence-electron chi connectivity index (χ2n) is 7.30. The zero-order valence-corrected chi connectivity index (χ0v) is 15.0. The average Bonchev–Trinajstić information content (AvgIpc) is 3.23. The lowest BCUT2D eigenvalue weighted by molar-refractivity contribution is 0.312. The molecule has 1 fully saturated rings. The minimum absolute atomic E-state index is 0.233. The van der Waals surface area contributed by atoms with Crippen LogP contribution in [0.3, 0.4) is 0 Å². The molecule has 2 aliphatic rings. The Balaban J connectivity index is 1.48. The van der Waals surface area contributed by atoms with Gasteiger partial charge in [0.25, 0.3) is 0 Å². The summed E-state index contributed by atoms with van der Waals surface area (Å²) in [5.41, 5.74) is 3.19. The van der Waals surface area contributed by atoms with E-state index in [-0.39, 0.29) is 5.82 Å². The van der Waals surface area contributed by atoms with E-state index >= 15 is 0 Å². The molecule has 2 aromatic heterocycles. The summed E-state index contributed by atoms with van der Waals surface area (Å²) in [5, 5.41) is 0. The van der Waals surface area contributed by atoms with Crippen molar-refractivity contribution in [2.75, 3.05) is 38.1 Å². The van der Waals surface area contributed by atoms with Gasteiger partial charge in [0.1, 0.15) is 17.5 Å². The van der Waals surface area contributed by atoms with E-state index in [9.17, 15) is 4.39 Å². The summed E-state index contributed by atoms with van der Waals surface area (Å²) in [6.45, 7) is 5.01. The first kappa shape index (κ1) is 15.8. The molecule has 0 unspecified atom stereocenters. The number of piperazine rings is 1. The van der Waals surface area contributed by atoms with E-state index in [4.69, 9.17) is 0 Å². The van der Waals surface area contributed by atoms with Crippen molar-refractivity contribution in [3.05, 3.63) is 42.1 Å². The van der Waals surface area contributed by atoms with Crippen molar-refractivity contribution in [3.8, 4) is 11.1 Å². The number of imidazole rings is 1. The number of aromatic nitrogens is 3. The third-order valence-electron chi connectivity index (χ3n) is 5.58. The Labute approximate surface area is 152 Å². The summed E-state index contributed by atoms with van der Waals surface area (Å²) in [7, 11) is 2.14. The standard InChI is InChI=1S/C20H22FN5/c1-24-7-9-25(10-8-24)19-5-4-14(13-22-19)15-11-18-17(12-16(15)21)23-20-3-2-6-26(18)20/h4-5,11-13H,2-3,6-10H2,1H3. The van der Waals surface area contributed by atoms with Crippen LogP contribution in [-0.4, -0.2) is 52.7 Å². The van der Waals surface area contributed by atoms with Crippen molar-refractivity contribution in [2.45, 2.75) is 19.4 Å². The van der Waals surface area contributed by atoms with E-state index in [2.05, 4.69) is 31.4 Å². The van der Waals surface area contributed by atoms with Crippen LogP contribution in [0.1, 0.15) is 12.2 Å². The molecule has 0 N–H and O–H groups in total. The third-order valence-corrected chi connectivity index (χ3v) is 5.58. The SMILES string of the molecule is CN1CCN(c2ccc(-c3cc4c(cc3F)nc3n4CCC3)cn2)CC1. The van der Waals surface area contributed by atoms with Crippen LogP contribution < -0.4 is 4.90 Å². The van der Waals surface area contributed by atoms with Gasteiger partial charge in [-0.1, -0.05) is 0 Å². The molecule has 1 aromatic carbocycles. The van der Waals surface area contributed by atoms with E-state index < -0.39 is 0 Å². The normalized spacial score (nSPS) is 17.8. The van der Waals surface area contributed by atoms with Gasteiger partial charge in [-0.3, -0.25) is 0 Å². The zero-order valence-electron chi connectivity index (χ0n) is 15.0. The van der Waals surface area contributed by atoms with Crippen LogP contribution in [0.4, 0.5) is 10.2 Å². The Morgan fingerprint density at radius 2 is 1.88 bits per heavy atom. The molecule has 0 atom stereocenters. The van der Waals surface area contributed by atoms with Crippen LogP contribution in [0.25, 0.3) is 22.2 Å². The molecule has 0 saturated carbocycles. The molecule has 6 heteroatoms. The molecule has 5 rings (SSSR count). The van der Waals surface area contributed by atoms with E-state index in [0.29, 0.717) is 5.56 Å². The summed E-state index contributed by atoms with van der Waals surface area (Å²) < 4.78 is 16.9. The molecule has 0 radical (unpaired) electrons. The number of rotatable bonds is 2. The third kappa shape index (κ3) is 2.56. The van der Waals surface area contributed by atoms with Crippen molar-refractivity contribution < 1.29 is 4.39 Å². The van der Waals surface area contributed by atoms with Gasteiger partial charge in [-0.25, -0.2) is 14.4 Å². The molecule has 0 amide bonds. The Bertz CT molecular complexity index is 954. The van der Waals surface area contributed by atoms with Gasteiger partial charge in [0.15, 0.2) is 0 Å². The van der Waals surface area contributed by atoms with Crippen LogP contribution >= 0.6 is 0 Å². The van der Waals surface area contributed by atoms with Crippen LogP contribution in [0.15, 0.2) is 30.5 Å². The summed E-state index contributed by atoms with van der Waals surface area (Å²) in [4.78, 5) is 13.8. The Morgan fingerprint density at radius 1 is 1.04 bits per heavy atom. The van der Waals surface area contributed by atoms with Gasteiger partial charge in [0, 0.05) is 62.5 Å². The van der Waals surface area contributed by atoms with Crippen LogP contribution in [0, 0.1) is 5.82 Å². The molecule has 0 spiro atoms. The Hall–Kier alpha value is -2.47. The number of anilines is 1. The average molecular weight is 351 g/mol. The molecule has 1 saturated heterocycles. The molecule has 5 nitrogen and oxygen atoms in total. The minimum atomic E-state index is -0.233. The first-order valence-electron chi connectivity index (χ1n) is 9.27. The van der Waals surface area contributed by atoms with Crippen LogP contribution in [-0.2, 0) is 13.0 Å². The van der Waals surface area contributed by atoms with Crippen molar-refractivity contribution in [2.24, 2.45) is 0 Å². The van der Waals surface area contributed by atoms with Crippen molar-refractivity contribution in [3.63, 3.8) is 0 Å². The number of likely N-dealkylation sites (N-methyl/N-ethyl adjacent to an activating group) is 1. The highest BCUT2D eigenvalue weighted by atomic mass is 19.1. The quantitative estimate of drug-likeness (QED) is 0.711. The predicted octanol–water partition coefficient (Wildman–Crippen LogP) is 2.94. The molecule has 0 aliphatic carbocycles. The zero-order chi connectivity index (χ0) is 17.7. The van der Waals surface area contributed by atoms with Crippen molar-refractivity contribution in [1.82, 2.24) is 19.4 Å². The Morgan fingerprint density at radius 3 is 2.65 bits per heavy atom. The first-order chi connectivity index (χ1) is 12.7. The highest BCUT2D eigenvalue weighted by Gasteiger charge is 2.19. The van der Waals surface area contributed by atoms with Gasteiger partial charge in [-0.05, 0) is 31.7 Å². The smallest absolute Gasteiger partial charge is 0.133 e. The maximum Gasteiger partial charge on any atom is 0.133 e. The summed E-state index contributed by atoms with van der Waals surface area (Å²) in [6.07, 6.45) is 3.89. The first-order valence-corrected chi connectivity index (χ1v) is 9.27. The summed E-state index contributed by atoms with van der Waals surface area (Å²) >= 11 is 0. The fourth-order valence-corrected chi connectivity index (χ4v) is 4.02. The highest BCUT2D eigenvalue weighted by Crippen LogP contribution is 2.31. The molecule has 3 aromatic rings. The van der Waals surface area contributed by atoms with Crippen molar-refractivity contribution in [1.29, 1.82) is 0 Å². The van der Waals surface area contributed by atoms with Crippen molar-refractivity contribution >= 4 is 16.9 Å². The predicted molar refractivity (Wildman–Crippen MR) is 101 cm³/mol. The van der Waals surface area contributed by atoms with Crippen LogP contribution in [0.5, 0.6) is 0 Å². The summed E-state index contributed by atoms with van der Waals surface area (Å²) in [6, 6.07) is 7.47. The molecular weight excluding hydrogens is 329 g/mol. The topological polar surface area (TPSA) is 37.2 Å². The lowest BCUT2D eigenvalue weighted by atomic mass is 10.1. The number of aryl methyl sites for hydroxylation is 2. The Kier molecular flexibility index (Phi) is 3.67. The number of hydrogen-bond donors (Lipinski definition) is 0. The number of nitrogens with zero attached hydrogens (tertiary/aromatic N) is 5. The van der Waals surface area contributed by atoms with Gasteiger partial charge >= 0.3 is 0 Å². The van der Waals surface area contributed by atoms with Gasteiger partial charge in [-0.2, -0.15) is 0 Å². The second kappa shape index (κ2) is 6.06. The highest BCUT2D eigenvalue weighted by molar-refractivity contribution is 5.83. The van der Waals surface area contributed by atoms with E-state index in [1.165, 1.54) is 0 Å². The lowest BCUT2D eigenvalue weighted by Gasteiger charge is -2.33. The van der Waals surface area contributed by atoms with E-state index in [0.717, 1.165) is 73.8 Å². The molecule has 2 aliphatic heterocycles. The number of benzene rings is 1. The number of hydrogen-bond acceptors (Lipinski definition) is 4. The van der Waals surface area contributed by atoms with E-state index in [1.54, 1.807) is 12.3 Å². The molecule has 26 heavy (non-hydrogen) atoms. The number of fused-ring (bicyclic) bond motifs is 3. The van der Waals surface area contributed by atoms with E-state index in [1.807, 2.05) is 18.2 Å². The van der Waals surface area contributed by atoms with Gasteiger partial charge in [-0.15, -0.1) is 0 Å². The molecule has 4 heterocycles. The minimum Gasteiger partial charge on any atom is -0.354 e. The maximum atomic E-state index is 14.7. The lowest BCUT2D eigenvalue weighted by Crippen LogP contribution is -2.44. The van der Waals surface area contributed by atoms with Crippen LogP contribution in [0.2, 0.25) is 0 Å². The fraction of sp³-hybridized carbons (Fsp3) is 0.400. The van der Waals surface area contributed by atoms with Gasteiger partial charge in [0.2, 0.25) is 0 Å². The maximum absolute atomic E-state index is 14.7. The number of halogens is 1. The second-order valence-corrected chi connectivity index (χ2v) is 7.30. The van der Waals surface area contributed by atoms with Gasteiger partial charge in [0.05, 0.1) is 11.0 Å². The largest absolute Gasteiger partial charge is 0.354 e. The monoisotopic (exact) mass is 351 g/mol. The fourth-order valence-electron chi connectivity index (χ4n) is 4.02. The number of pyridine rings is 1.